The number of hydrogen-bond donors (Lipinski definition) is 1. The number of hydrogen-bond acceptors (Lipinski definition) is 2. The first kappa shape index (κ1) is 12.6. The molecule has 94 valence electrons. The SMILES string of the molecule is CCN1CCC(CN)(c2ccccc2C)CC1. The van der Waals surface area contributed by atoms with Crippen LogP contribution in [0.2, 0.25) is 0 Å². The van der Waals surface area contributed by atoms with Gasteiger partial charge < -0.3 is 10.6 Å². The van der Waals surface area contributed by atoms with E-state index in [9.17, 15) is 0 Å². The molecule has 0 radical (unpaired) electrons. The summed E-state index contributed by atoms with van der Waals surface area (Å²) in [6, 6.07) is 8.74. The van der Waals surface area contributed by atoms with Gasteiger partial charge in [0.2, 0.25) is 0 Å². The highest BCUT2D eigenvalue weighted by Crippen LogP contribution is 2.36. The molecule has 2 heteroatoms. The molecule has 0 aliphatic carbocycles. The lowest BCUT2D eigenvalue weighted by Crippen LogP contribution is -2.46. The average molecular weight is 232 g/mol. The molecule has 0 amide bonds. The molecule has 1 aliphatic heterocycles. The molecule has 0 unspecified atom stereocenters. The third-order valence-electron chi connectivity index (χ3n) is 4.37. The zero-order valence-corrected chi connectivity index (χ0v) is 11.1. The van der Waals surface area contributed by atoms with Crippen LogP contribution in [0.25, 0.3) is 0 Å². The second-order valence-electron chi connectivity index (χ2n) is 5.23. The number of aryl methyl sites for hydroxylation is 1. The highest BCUT2D eigenvalue weighted by atomic mass is 15.1. The molecule has 2 N–H and O–H groups in total. The van der Waals surface area contributed by atoms with E-state index in [4.69, 9.17) is 5.73 Å². The van der Waals surface area contributed by atoms with Crippen molar-refractivity contribution in [2.75, 3.05) is 26.2 Å². The van der Waals surface area contributed by atoms with Crippen molar-refractivity contribution in [1.82, 2.24) is 4.90 Å². The van der Waals surface area contributed by atoms with Crippen molar-refractivity contribution in [1.29, 1.82) is 0 Å². The van der Waals surface area contributed by atoms with E-state index < -0.39 is 0 Å². The summed E-state index contributed by atoms with van der Waals surface area (Å²) in [7, 11) is 0. The lowest BCUT2D eigenvalue weighted by atomic mass is 9.71. The number of benzene rings is 1. The monoisotopic (exact) mass is 232 g/mol. The van der Waals surface area contributed by atoms with Gasteiger partial charge in [-0.05, 0) is 50.5 Å². The number of piperidine rings is 1. The van der Waals surface area contributed by atoms with Crippen molar-refractivity contribution >= 4 is 0 Å². The van der Waals surface area contributed by atoms with Gasteiger partial charge in [0.25, 0.3) is 0 Å². The molecular weight excluding hydrogens is 208 g/mol. The van der Waals surface area contributed by atoms with Crippen molar-refractivity contribution in [2.24, 2.45) is 5.73 Å². The average Bonchev–Trinajstić information content (AvgIpc) is 2.39. The minimum atomic E-state index is 0.219. The van der Waals surface area contributed by atoms with Gasteiger partial charge in [-0.3, -0.25) is 0 Å². The van der Waals surface area contributed by atoms with E-state index in [0.29, 0.717) is 0 Å². The predicted octanol–water partition coefficient (Wildman–Crippen LogP) is 2.31. The molecule has 1 aromatic rings. The van der Waals surface area contributed by atoms with E-state index in [1.54, 1.807) is 0 Å². The summed E-state index contributed by atoms with van der Waals surface area (Å²) < 4.78 is 0. The Kier molecular flexibility index (Phi) is 3.85. The van der Waals surface area contributed by atoms with E-state index >= 15 is 0 Å². The van der Waals surface area contributed by atoms with Crippen LogP contribution in [0.3, 0.4) is 0 Å². The Morgan fingerprint density at radius 2 is 1.88 bits per heavy atom. The van der Waals surface area contributed by atoms with Crippen LogP contribution in [-0.4, -0.2) is 31.1 Å². The summed E-state index contributed by atoms with van der Waals surface area (Å²) in [6.45, 7) is 8.75. The van der Waals surface area contributed by atoms with Gasteiger partial charge in [0.1, 0.15) is 0 Å². The molecule has 0 atom stereocenters. The number of nitrogens with zero attached hydrogens (tertiary/aromatic N) is 1. The number of nitrogens with two attached hydrogens (primary N) is 1. The summed E-state index contributed by atoms with van der Waals surface area (Å²) in [5.41, 5.74) is 9.19. The molecule has 2 nitrogen and oxygen atoms in total. The molecule has 0 spiro atoms. The zero-order chi connectivity index (χ0) is 12.3. The Balaban J connectivity index is 2.24. The minimum absolute atomic E-state index is 0.219. The number of rotatable bonds is 3. The summed E-state index contributed by atoms with van der Waals surface area (Å²) in [5.74, 6) is 0. The molecule has 17 heavy (non-hydrogen) atoms. The second kappa shape index (κ2) is 5.19. The predicted molar refractivity (Wildman–Crippen MR) is 73.3 cm³/mol. The van der Waals surface area contributed by atoms with Crippen LogP contribution in [0.4, 0.5) is 0 Å². The highest BCUT2D eigenvalue weighted by molar-refractivity contribution is 5.34. The van der Waals surface area contributed by atoms with Crippen molar-refractivity contribution in [2.45, 2.75) is 32.1 Å². The fraction of sp³-hybridized carbons (Fsp3) is 0.600. The van der Waals surface area contributed by atoms with Crippen molar-refractivity contribution in [3.05, 3.63) is 35.4 Å². The molecule has 1 aliphatic rings. The van der Waals surface area contributed by atoms with Gasteiger partial charge in [-0.15, -0.1) is 0 Å². The largest absolute Gasteiger partial charge is 0.330 e. The Hall–Kier alpha value is -0.860. The van der Waals surface area contributed by atoms with Gasteiger partial charge >= 0.3 is 0 Å². The van der Waals surface area contributed by atoms with Gasteiger partial charge in [0.15, 0.2) is 0 Å². The Bertz CT molecular complexity index is 365. The molecule has 0 bridgehead atoms. The summed E-state index contributed by atoms with van der Waals surface area (Å²) in [5, 5.41) is 0. The Labute approximate surface area is 105 Å². The molecular formula is C15H24N2. The van der Waals surface area contributed by atoms with E-state index in [2.05, 4.69) is 43.0 Å². The Morgan fingerprint density at radius 1 is 1.24 bits per heavy atom. The van der Waals surface area contributed by atoms with E-state index in [-0.39, 0.29) is 5.41 Å². The van der Waals surface area contributed by atoms with Crippen LogP contribution in [0.1, 0.15) is 30.9 Å². The molecule has 1 saturated heterocycles. The fourth-order valence-corrected chi connectivity index (χ4v) is 3.05. The maximum absolute atomic E-state index is 6.11. The van der Waals surface area contributed by atoms with Crippen molar-refractivity contribution in [3.8, 4) is 0 Å². The third kappa shape index (κ3) is 2.38. The van der Waals surface area contributed by atoms with Crippen molar-refractivity contribution in [3.63, 3.8) is 0 Å². The molecule has 1 fully saturated rings. The van der Waals surface area contributed by atoms with Gasteiger partial charge in [-0.25, -0.2) is 0 Å². The fourth-order valence-electron chi connectivity index (χ4n) is 3.05. The zero-order valence-electron chi connectivity index (χ0n) is 11.1. The van der Waals surface area contributed by atoms with Crippen molar-refractivity contribution < 1.29 is 0 Å². The van der Waals surface area contributed by atoms with Crippen LogP contribution >= 0.6 is 0 Å². The van der Waals surface area contributed by atoms with Crippen LogP contribution in [0, 0.1) is 6.92 Å². The van der Waals surface area contributed by atoms with E-state index in [1.165, 1.54) is 37.1 Å². The maximum atomic E-state index is 6.11. The first-order chi connectivity index (χ1) is 8.22. The molecule has 0 aromatic heterocycles. The smallest absolute Gasteiger partial charge is 0.0102 e. The van der Waals surface area contributed by atoms with Crippen LogP contribution in [0.15, 0.2) is 24.3 Å². The minimum Gasteiger partial charge on any atom is -0.330 e. The maximum Gasteiger partial charge on any atom is 0.0102 e. The van der Waals surface area contributed by atoms with E-state index in [0.717, 1.165) is 13.1 Å². The van der Waals surface area contributed by atoms with Gasteiger partial charge in [0, 0.05) is 12.0 Å². The lowest BCUT2D eigenvalue weighted by molar-refractivity contribution is 0.168. The first-order valence-corrected chi connectivity index (χ1v) is 6.70. The molecule has 1 heterocycles. The summed E-state index contributed by atoms with van der Waals surface area (Å²) >= 11 is 0. The van der Waals surface area contributed by atoms with Gasteiger partial charge in [0.05, 0.1) is 0 Å². The molecule has 0 saturated carbocycles. The quantitative estimate of drug-likeness (QED) is 0.866. The van der Waals surface area contributed by atoms with Crippen LogP contribution in [-0.2, 0) is 5.41 Å². The van der Waals surface area contributed by atoms with Gasteiger partial charge in [-0.2, -0.15) is 0 Å². The molecule has 1 aromatic carbocycles. The van der Waals surface area contributed by atoms with E-state index in [1.807, 2.05) is 0 Å². The first-order valence-electron chi connectivity index (χ1n) is 6.70. The lowest BCUT2D eigenvalue weighted by Gasteiger charge is -2.42. The summed E-state index contributed by atoms with van der Waals surface area (Å²) in [4.78, 5) is 2.52. The molecule has 2 rings (SSSR count). The van der Waals surface area contributed by atoms with Crippen LogP contribution in [0.5, 0.6) is 0 Å². The van der Waals surface area contributed by atoms with Gasteiger partial charge in [-0.1, -0.05) is 31.2 Å². The van der Waals surface area contributed by atoms with Crippen LogP contribution < -0.4 is 5.73 Å². The topological polar surface area (TPSA) is 29.3 Å². The normalized spacial score (nSPS) is 20.4. The number of likely N-dealkylation sites (tertiary alicyclic amines) is 1. The standard InChI is InChI=1S/C15H24N2/c1-3-17-10-8-15(12-16,9-11-17)14-7-5-4-6-13(14)2/h4-7H,3,8-12,16H2,1-2H3. The Morgan fingerprint density at radius 3 is 2.41 bits per heavy atom. The highest BCUT2D eigenvalue weighted by Gasteiger charge is 2.35. The second-order valence-corrected chi connectivity index (χ2v) is 5.23. The summed E-state index contributed by atoms with van der Waals surface area (Å²) in [6.07, 6.45) is 2.39. The third-order valence-corrected chi connectivity index (χ3v) is 4.37.